The normalized spacial score (nSPS) is 14.4. The van der Waals surface area contributed by atoms with Crippen LogP contribution in [0.15, 0.2) is 66.2 Å². The Kier molecular flexibility index (Phi) is 8.00. The Bertz CT molecular complexity index is 1470. The number of urea groups is 1. The van der Waals surface area contributed by atoms with Gasteiger partial charge in [-0.25, -0.2) is 14.1 Å². The highest BCUT2D eigenvalue weighted by atomic mass is 127. The van der Waals surface area contributed by atoms with Gasteiger partial charge in [-0.05, 0) is 83.1 Å². The van der Waals surface area contributed by atoms with Crippen molar-refractivity contribution in [2.24, 2.45) is 0 Å². The number of rotatable bonds is 8. The molecule has 0 unspecified atom stereocenters. The number of hydrogen-bond donors (Lipinski definition) is 1. The van der Waals surface area contributed by atoms with Crippen LogP contribution in [0.4, 0.5) is 20.6 Å². The van der Waals surface area contributed by atoms with Crippen LogP contribution in [0.3, 0.4) is 0 Å². The molecule has 3 aromatic carbocycles. The Labute approximate surface area is 229 Å². The predicted octanol–water partition coefficient (Wildman–Crippen LogP) is 4.98. The van der Waals surface area contributed by atoms with Crippen molar-refractivity contribution in [1.82, 2.24) is 5.32 Å². The minimum atomic E-state index is -1.05. The van der Waals surface area contributed by atoms with E-state index < -0.39 is 28.6 Å². The minimum absolute atomic E-state index is 0.0349. The van der Waals surface area contributed by atoms with Crippen LogP contribution < -0.4 is 19.7 Å². The molecule has 0 aromatic heterocycles. The van der Waals surface area contributed by atoms with Crippen molar-refractivity contribution < 1.29 is 33.2 Å². The van der Waals surface area contributed by atoms with Crippen LogP contribution in [0, 0.1) is 19.5 Å². The predicted molar refractivity (Wildman–Crippen MR) is 143 cm³/mol. The number of nitro benzene ring substituents is 1. The number of carbonyl (C=O) groups excluding carboxylic acids is 3. The summed E-state index contributed by atoms with van der Waals surface area (Å²) >= 11 is 2.01. The molecule has 0 atom stereocenters. The van der Waals surface area contributed by atoms with E-state index in [1.54, 1.807) is 31.2 Å². The fourth-order valence-corrected chi connectivity index (χ4v) is 4.40. The second-order valence-electron chi connectivity index (χ2n) is 7.88. The van der Waals surface area contributed by atoms with E-state index in [2.05, 4.69) is 5.32 Å². The van der Waals surface area contributed by atoms with Gasteiger partial charge in [0.25, 0.3) is 17.5 Å². The number of ether oxygens (including phenoxy) is 2. The smallest absolute Gasteiger partial charge is 0.336 e. The molecule has 194 valence electrons. The van der Waals surface area contributed by atoms with Crippen molar-refractivity contribution in [3.05, 3.63) is 96.9 Å². The van der Waals surface area contributed by atoms with Gasteiger partial charge in [0, 0.05) is 12.1 Å². The molecule has 12 heteroatoms. The van der Waals surface area contributed by atoms with Crippen LogP contribution in [0.1, 0.15) is 18.1 Å². The van der Waals surface area contributed by atoms with Gasteiger partial charge in [-0.15, -0.1) is 0 Å². The number of barbiturate groups is 1. The van der Waals surface area contributed by atoms with Crippen LogP contribution in [0.2, 0.25) is 0 Å². The molecule has 1 heterocycles. The molecule has 4 amide bonds. The van der Waals surface area contributed by atoms with E-state index in [-0.39, 0.29) is 23.6 Å². The zero-order valence-corrected chi connectivity index (χ0v) is 21.9. The molecule has 1 fully saturated rings. The van der Waals surface area contributed by atoms with Gasteiger partial charge in [-0.1, -0.05) is 12.1 Å². The molecule has 1 saturated heterocycles. The Morgan fingerprint density at radius 3 is 2.45 bits per heavy atom. The summed E-state index contributed by atoms with van der Waals surface area (Å²) in [5.41, 5.74) is 0.412. The van der Waals surface area contributed by atoms with Crippen molar-refractivity contribution in [3.63, 3.8) is 0 Å². The summed E-state index contributed by atoms with van der Waals surface area (Å²) in [6.45, 7) is 2.17. The number of nitro groups is 1. The highest BCUT2D eigenvalue weighted by Crippen LogP contribution is 2.36. The second-order valence-corrected chi connectivity index (χ2v) is 9.05. The van der Waals surface area contributed by atoms with E-state index in [1.165, 1.54) is 36.4 Å². The number of carbonyl (C=O) groups is 3. The third-order valence-electron chi connectivity index (χ3n) is 5.37. The lowest BCUT2D eigenvalue weighted by Gasteiger charge is -2.26. The molecule has 4 rings (SSSR count). The minimum Gasteiger partial charge on any atom is -0.490 e. The molecular formula is C26H19FIN3O7. The maximum atomic E-state index is 14.3. The summed E-state index contributed by atoms with van der Waals surface area (Å²) in [6, 6.07) is 13.3. The quantitative estimate of drug-likeness (QED) is 0.122. The first-order valence-corrected chi connectivity index (χ1v) is 12.3. The van der Waals surface area contributed by atoms with Crippen LogP contribution in [-0.4, -0.2) is 29.4 Å². The molecule has 0 saturated carbocycles. The van der Waals surface area contributed by atoms with E-state index in [0.717, 1.165) is 6.07 Å². The first-order valence-electron chi connectivity index (χ1n) is 11.2. The van der Waals surface area contributed by atoms with E-state index in [4.69, 9.17) is 9.47 Å². The zero-order valence-electron chi connectivity index (χ0n) is 19.8. The molecule has 0 aliphatic carbocycles. The van der Waals surface area contributed by atoms with E-state index in [1.807, 2.05) is 22.6 Å². The third-order valence-corrected chi connectivity index (χ3v) is 6.17. The summed E-state index contributed by atoms with van der Waals surface area (Å²) in [6.07, 6.45) is 1.28. The standard InChI is InChI=1S/C26H19FIN3O7/c1-2-37-22-13-16(12-20(28)23(22)38-14-15-7-9-17(10-8-15)31(35)36)11-18-24(32)29-26(34)30(25(18)33)21-6-4-3-5-19(21)27/h3-13H,2,14H2,1H3,(H,29,32,34)/b18-11-. The van der Waals surface area contributed by atoms with Gasteiger partial charge in [0.05, 0.1) is 20.8 Å². The van der Waals surface area contributed by atoms with Crippen LogP contribution in [0.5, 0.6) is 11.5 Å². The number of imide groups is 2. The van der Waals surface area contributed by atoms with Crippen LogP contribution >= 0.6 is 22.6 Å². The summed E-state index contributed by atoms with van der Waals surface area (Å²) in [5, 5.41) is 12.9. The number of benzene rings is 3. The average Bonchev–Trinajstić information content (AvgIpc) is 2.87. The zero-order chi connectivity index (χ0) is 27.4. The SMILES string of the molecule is CCOc1cc(/C=C2/C(=O)NC(=O)N(c3ccccc3F)C2=O)cc(I)c1OCc1ccc([N+](=O)[O-])cc1. The molecule has 0 radical (unpaired) electrons. The van der Waals surface area contributed by atoms with Crippen LogP contribution in [0.25, 0.3) is 6.08 Å². The van der Waals surface area contributed by atoms with Gasteiger partial charge in [0.2, 0.25) is 0 Å². The summed E-state index contributed by atoms with van der Waals surface area (Å²) < 4.78 is 26.6. The lowest BCUT2D eigenvalue weighted by atomic mass is 10.1. The number of hydrogen-bond acceptors (Lipinski definition) is 7. The van der Waals surface area contributed by atoms with Crippen molar-refractivity contribution in [1.29, 1.82) is 0 Å². The molecular weight excluding hydrogens is 612 g/mol. The number of nitrogens with zero attached hydrogens (tertiary/aromatic N) is 2. The average molecular weight is 631 g/mol. The van der Waals surface area contributed by atoms with Crippen LogP contribution in [-0.2, 0) is 16.2 Å². The number of anilines is 1. The number of nitrogens with one attached hydrogen (secondary N) is 1. The van der Waals surface area contributed by atoms with Gasteiger partial charge in [0.15, 0.2) is 11.5 Å². The molecule has 1 N–H and O–H groups in total. The highest BCUT2D eigenvalue weighted by molar-refractivity contribution is 14.1. The van der Waals surface area contributed by atoms with E-state index >= 15 is 0 Å². The summed E-state index contributed by atoms with van der Waals surface area (Å²) in [4.78, 5) is 48.9. The maximum absolute atomic E-state index is 14.3. The van der Waals surface area contributed by atoms with Crippen molar-refractivity contribution >= 4 is 57.9 Å². The lowest BCUT2D eigenvalue weighted by Crippen LogP contribution is -2.54. The van der Waals surface area contributed by atoms with Gasteiger partial charge >= 0.3 is 6.03 Å². The van der Waals surface area contributed by atoms with Gasteiger partial charge in [0.1, 0.15) is 18.0 Å². The van der Waals surface area contributed by atoms with E-state index in [9.17, 15) is 28.9 Å². The monoisotopic (exact) mass is 631 g/mol. The Hall–Kier alpha value is -4.33. The van der Waals surface area contributed by atoms with E-state index in [0.29, 0.717) is 37.7 Å². The lowest BCUT2D eigenvalue weighted by molar-refractivity contribution is -0.384. The van der Waals surface area contributed by atoms with Gasteiger partial charge < -0.3 is 9.47 Å². The van der Waals surface area contributed by atoms with Crippen molar-refractivity contribution in [3.8, 4) is 11.5 Å². The summed E-state index contributed by atoms with van der Waals surface area (Å²) in [7, 11) is 0. The molecule has 1 aliphatic heterocycles. The first-order chi connectivity index (χ1) is 18.2. The second kappa shape index (κ2) is 11.4. The largest absolute Gasteiger partial charge is 0.490 e. The summed E-state index contributed by atoms with van der Waals surface area (Å²) in [5.74, 6) is -1.96. The Morgan fingerprint density at radius 2 is 1.79 bits per heavy atom. The Morgan fingerprint density at radius 1 is 1.08 bits per heavy atom. The molecule has 1 aliphatic rings. The highest BCUT2D eigenvalue weighted by Gasteiger charge is 2.38. The molecule has 3 aromatic rings. The molecule has 10 nitrogen and oxygen atoms in total. The Balaban J connectivity index is 1.64. The molecule has 38 heavy (non-hydrogen) atoms. The van der Waals surface area contributed by atoms with Gasteiger partial charge in [-0.2, -0.15) is 0 Å². The van der Waals surface area contributed by atoms with Gasteiger partial charge in [-0.3, -0.25) is 25.0 Å². The number of non-ortho nitro benzene ring substituents is 1. The topological polar surface area (TPSA) is 128 Å². The first kappa shape index (κ1) is 26.7. The fourth-order valence-electron chi connectivity index (χ4n) is 3.62. The molecule has 0 bridgehead atoms. The van der Waals surface area contributed by atoms with Crippen molar-refractivity contribution in [2.45, 2.75) is 13.5 Å². The third kappa shape index (κ3) is 5.64. The fraction of sp³-hybridized carbons (Fsp3) is 0.115. The number of halogens is 2. The maximum Gasteiger partial charge on any atom is 0.336 e. The van der Waals surface area contributed by atoms with Crippen molar-refractivity contribution in [2.75, 3.05) is 11.5 Å². The number of amides is 4. The molecule has 0 spiro atoms. The number of para-hydroxylation sites is 1.